The number of carbonyl (C=O) groups is 1. The summed E-state index contributed by atoms with van der Waals surface area (Å²) in [4.78, 5) is 19.0. The normalized spacial score (nSPS) is 10.8. The first-order valence-electron chi connectivity index (χ1n) is 8.93. The van der Waals surface area contributed by atoms with E-state index in [1.54, 1.807) is 13.1 Å². The van der Waals surface area contributed by atoms with Crippen molar-refractivity contribution < 1.29 is 9.18 Å². The van der Waals surface area contributed by atoms with E-state index in [9.17, 15) is 4.79 Å². The van der Waals surface area contributed by atoms with Gasteiger partial charge in [-0.05, 0) is 48.2 Å². The summed E-state index contributed by atoms with van der Waals surface area (Å²) in [5.41, 5.74) is 9.72. The number of carbonyl (C=O) groups excluding carboxylic acids is 1. The van der Waals surface area contributed by atoms with E-state index in [0.717, 1.165) is 27.4 Å². The van der Waals surface area contributed by atoms with Crippen molar-refractivity contribution in [3.63, 3.8) is 0 Å². The van der Waals surface area contributed by atoms with Gasteiger partial charge in [-0.25, -0.2) is 9.37 Å². The third-order valence-corrected chi connectivity index (χ3v) is 4.74. The minimum Gasteiger partial charge on any atom is -0.369 e. The monoisotopic (exact) mass is 371 g/mol. The first-order valence-corrected chi connectivity index (χ1v) is 8.93. The fourth-order valence-electron chi connectivity index (χ4n) is 3.61. The van der Waals surface area contributed by atoms with Crippen LogP contribution in [-0.2, 0) is 17.6 Å². The lowest BCUT2D eigenvalue weighted by molar-refractivity contribution is -0.117. The van der Waals surface area contributed by atoms with Gasteiger partial charge in [0, 0.05) is 34.5 Å². The van der Waals surface area contributed by atoms with Crippen LogP contribution in [0, 0.1) is 17.7 Å². The second-order valence-corrected chi connectivity index (χ2v) is 6.66. The minimum absolute atomic E-state index is 0.0218. The molecule has 2 heterocycles. The summed E-state index contributed by atoms with van der Waals surface area (Å²) in [6, 6.07) is 12.9. The van der Waals surface area contributed by atoms with Crippen molar-refractivity contribution in [2.24, 2.45) is 5.73 Å². The lowest BCUT2D eigenvalue weighted by atomic mass is 9.95. The maximum atomic E-state index is 15.2. The summed E-state index contributed by atoms with van der Waals surface area (Å²) in [5, 5.41) is 1.70. The van der Waals surface area contributed by atoms with Crippen LogP contribution in [-0.4, -0.2) is 15.9 Å². The Kier molecular flexibility index (Phi) is 4.54. The van der Waals surface area contributed by atoms with Crippen LogP contribution in [0.3, 0.4) is 0 Å². The number of nitrogens with one attached hydrogen (secondary N) is 1. The molecule has 0 fully saturated rings. The van der Waals surface area contributed by atoms with Crippen LogP contribution in [0.5, 0.6) is 0 Å². The van der Waals surface area contributed by atoms with Gasteiger partial charge < -0.3 is 10.7 Å². The number of aromatic nitrogens is 2. The Bertz CT molecular complexity index is 1280. The lowest BCUT2D eigenvalue weighted by Gasteiger charge is -2.10. The average Bonchev–Trinajstić information content (AvgIpc) is 3.05. The number of pyridine rings is 1. The first kappa shape index (κ1) is 17.7. The van der Waals surface area contributed by atoms with Crippen molar-refractivity contribution in [2.75, 3.05) is 0 Å². The van der Waals surface area contributed by atoms with Crippen LogP contribution < -0.4 is 5.73 Å². The quantitative estimate of drug-likeness (QED) is 0.535. The van der Waals surface area contributed by atoms with Gasteiger partial charge in [-0.3, -0.25) is 4.79 Å². The van der Waals surface area contributed by atoms with Gasteiger partial charge in [0.25, 0.3) is 0 Å². The Hall–Kier alpha value is -3.65. The van der Waals surface area contributed by atoms with Crippen molar-refractivity contribution in [3.05, 3.63) is 76.9 Å². The molecule has 4 nitrogen and oxygen atoms in total. The van der Waals surface area contributed by atoms with Crippen LogP contribution in [0.1, 0.15) is 29.3 Å². The minimum atomic E-state index is -0.496. The van der Waals surface area contributed by atoms with Crippen molar-refractivity contribution in [2.45, 2.75) is 19.8 Å². The van der Waals surface area contributed by atoms with E-state index in [2.05, 4.69) is 21.8 Å². The molecule has 28 heavy (non-hydrogen) atoms. The number of aromatic amines is 1. The average molecular weight is 371 g/mol. The summed E-state index contributed by atoms with van der Waals surface area (Å²) in [6.45, 7) is 1.75. The molecule has 0 bridgehead atoms. The second-order valence-electron chi connectivity index (χ2n) is 6.66. The number of H-pyrrole nitrogens is 1. The van der Waals surface area contributed by atoms with E-state index >= 15 is 4.39 Å². The highest BCUT2D eigenvalue weighted by Gasteiger charge is 2.18. The molecule has 4 aromatic rings. The van der Waals surface area contributed by atoms with Gasteiger partial charge in [0.15, 0.2) is 0 Å². The molecule has 4 rings (SSSR count). The molecular weight excluding hydrogens is 353 g/mol. The molecule has 3 N–H and O–H groups in total. The number of rotatable bonds is 4. The summed E-state index contributed by atoms with van der Waals surface area (Å²) in [7, 11) is 0. The van der Waals surface area contributed by atoms with E-state index in [-0.39, 0.29) is 12.2 Å². The molecule has 0 aliphatic rings. The number of nitrogens with two attached hydrogens (primary N) is 1. The Balaban J connectivity index is 1.95. The molecule has 0 spiro atoms. The zero-order valence-corrected chi connectivity index (χ0v) is 15.3. The van der Waals surface area contributed by atoms with Gasteiger partial charge in [-0.15, -0.1) is 0 Å². The van der Waals surface area contributed by atoms with Crippen LogP contribution >= 0.6 is 0 Å². The molecule has 0 saturated heterocycles. The second kappa shape index (κ2) is 7.16. The number of hydrogen-bond acceptors (Lipinski definition) is 2. The molecular formula is C23H18FN3O. The predicted molar refractivity (Wildman–Crippen MR) is 108 cm³/mol. The number of primary amides is 1. The Morgan fingerprint density at radius 2 is 2.07 bits per heavy atom. The van der Waals surface area contributed by atoms with Crippen molar-refractivity contribution in [1.82, 2.24) is 9.97 Å². The number of fused-ring (bicyclic) bond motifs is 3. The number of amides is 1. The van der Waals surface area contributed by atoms with Crippen molar-refractivity contribution in [1.29, 1.82) is 0 Å². The van der Waals surface area contributed by atoms with E-state index in [0.29, 0.717) is 23.2 Å². The summed E-state index contributed by atoms with van der Waals surface area (Å²) in [5.74, 6) is 4.91. The van der Waals surface area contributed by atoms with E-state index in [1.807, 2.05) is 36.4 Å². The predicted octanol–water partition coefficient (Wildman–Crippen LogP) is 3.85. The standard InChI is InChI=1S/C23H18FN3O/c1-2-5-16-10-14(8-9-26-16)11-18-19(24)12-15(13-21(25)28)23-22(18)17-6-3-4-7-20(17)27-23/h3-4,6-10,12,27H,11,13H2,1H3,(H2,25,28). The van der Waals surface area contributed by atoms with Crippen LogP contribution in [0.15, 0.2) is 48.7 Å². The van der Waals surface area contributed by atoms with Crippen LogP contribution in [0.4, 0.5) is 4.39 Å². The number of halogens is 1. The van der Waals surface area contributed by atoms with Gasteiger partial charge in [0.1, 0.15) is 11.5 Å². The SMILES string of the molecule is CC#Cc1cc(Cc2c(F)cc(CC(N)=O)c3[nH]c4ccccc4c23)ccn1. The fraction of sp³-hybridized carbons (Fsp3) is 0.130. The van der Waals surface area contributed by atoms with Gasteiger partial charge in [0.05, 0.1) is 11.9 Å². The molecule has 138 valence electrons. The zero-order valence-electron chi connectivity index (χ0n) is 15.3. The highest BCUT2D eigenvalue weighted by molar-refractivity contribution is 6.10. The van der Waals surface area contributed by atoms with Gasteiger partial charge in [-0.1, -0.05) is 24.1 Å². The van der Waals surface area contributed by atoms with Crippen molar-refractivity contribution in [3.8, 4) is 11.8 Å². The van der Waals surface area contributed by atoms with E-state index in [1.165, 1.54) is 6.07 Å². The molecule has 0 saturated carbocycles. The van der Waals surface area contributed by atoms with Crippen LogP contribution in [0.25, 0.3) is 21.8 Å². The third-order valence-electron chi connectivity index (χ3n) is 4.74. The van der Waals surface area contributed by atoms with E-state index < -0.39 is 5.91 Å². The molecule has 5 heteroatoms. The number of nitrogens with zero attached hydrogens (tertiary/aromatic N) is 1. The molecule has 0 aliphatic carbocycles. The van der Waals surface area contributed by atoms with Gasteiger partial charge in [0.2, 0.25) is 5.91 Å². The summed E-state index contributed by atoms with van der Waals surface area (Å²) < 4.78 is 15.2. The van der Waals surface area contributed by atoms with Crippen LogP contribution in [0.2, 0.25) is 0 Å². The maximum absolute atomic E-state index is 15.2. The smallest absolute Gasteiger partial charge is 0.221 e. The van der Waals surface area contributed by atoms with Gasteiger partial charge in [-0.2, -0.15) is 0 Å². The Morgan fingerprint density at radius 1 is 1.25 bits per heavy atom. The first-order chi connectivity index (χ1) is 13.6. The Labute approximate surface area is 161 Å². The lowest BCUT2D eigenvalue weighted by Crippen LogP contribution is -2.14. The summed E-state index contributed by atoms with van der Waals surface area (Å²) in [6.07, 6.45) is 2.05. The van der Waals surface area contributed by atoms with E-state index in [4.69, 9.17) is 5.73 Å². The molecule has 0 unspecified atom stereocenters. The molecule has 0 atom stereocenters. The largest absolute Gasteiger partial charge is 0.369 e. The molecule has 2 aromatic heterocycles. The molecule has 0 radical (unpaired) electrons. The highest BCUT2D eigenvalue weighted by atomic mass is 19.1. The number of benzene rings is 2. The molecule has 2 aromatic carbocycles. The number of hydrogen-bond donors (Lipinski definition) is 2. The molecule has 0 aliphatic heterocycles. The molecule has 1 amide bonds. The topological polar surface area (TPSA) is 71.8 Å². The summed E-state index contributed by atoms with van der Waals surface area (Å²) >= 11 is 0. The third kappa shape index (κ3) is 3.21. The van der Waals surface area contributed by atoms with Gasteiger partial charge >= 0.3 is 0 Å². The maximum Gasteiger partial charge on any atom is 0.221 e. The Morgan fingerprint density at radius 3 is 2.86 bits per heavy atom. The number of para-hydroxylation sites is 1. The van der Waals surface area contributed by atoms with Crippen molar-refractivity contribution >= 4 is 27.7 Å². The fourth-order valence-corrected chi connectivity index (χ4v) is 3.61. The zero-order chi connectivity index (χ0) is 19.7. The highest BCUT2D eigenvalue weighted by Crippen LogP contribution is 2.34.